The molecule has 2 fully saturated rings. The molecule has 1 aliphatic carbocycles. The zero-order valence-corrected chi connectivity index (χ0v) is 11.1. The molecule has 4 atom stereocenters. The number of hydrogen-bond acceptors (Lipinski definition) is 3. The van der Waals surface area contributed by atoms with Crippen LogP contribution in [-0.2, 0) is 6.54 Å². The van der Waals surface area contributed by atoms with E-state index >= 15 is 0 Å². The summed E-state index contributed by atoms with van der Waals surface area (Å²) in [6.07, 6.45) is 1.69. The molecule has 0 bridgehead atoms. The van der Waals surface area contributed by atoms with E-state index < -0.39 is 12.3 Å². The van der Waals surface area contributed by atoms with E-state index in [0.717, 1.165) is 5.56 Å². The number of nitrogens with zero attached hydrogens (tertiary/aromatic N) is 2. The fourth-order valence-corrected chi connectivity index (χ4v) is 3.19. The van der Waals surface area contributed by atoms with Gasteiger partial charge in [0.05, 0.1) is 6.10 Å². The number of urea groups is 1. The SMILES string of the molecule is O=C(NCc1cccnc1)N1C[C@@H]2C[C@H](F)[C@H](O)[C@@H]2C1. The van der Waals surface area contributed by atoms with Gasteiger partial charge in [0.1, 0.15) is 6.17 Å². The number of aliphatic hydroxyl groups excluding tert-OH is 1. The Kier molecular flexibility index (Phi) is 3.56. The highest BCUT2D eigenvalue weighted by molar-refractivity contribution is 5.74. The van der Waals surface area contributed by atoms with Crippen molar-refractivity contribution in [3.05, 3.63) is 30.1 Å². The Labute approximate surface area is 116 Å². The molecule has 0 spiro atoms. The van der Waals surface area contributed by atoms with Crippen molar-refractivity contribution in [3.8, 4) is 0 Å². The molecule has 2 amide bonds. The van der Waals surface area contributed by atoms with Crippen molar-refractivity contribution < 1.29 is 14.3 Å². The minimum atomic E-state index is -1.13. The van der Waals surface area contributed by atoms with E-state index in [4.69, 9.17) is 0 Å². The van der Waals surface area contributed by atoms with Gasteiger partial charge in [0.15, 0.2) is 0 Å². The minimum Gasteiger partial charge on any atom is -0.390 e. The standard InChI is InChI=1S/C14H18FN3O2/c15-12-4-10-7-18(8-11(10)13(12)19)14(20)17-6-9-2-1-3-16-5-9/h1-3,5,10-13,19H,4,6-8H2,(H,17,20)/t10-,11+,12-,13+/m0/s1. The van der Waals surface area contributed by atoms with Gasteiger partial charge in [-0.15, -0.1) is 0 Å². The number of likely N-dealkylation sites (tertiary alicyclic amines) is 1. The van der Waals surface area contributed by atoms with Gasteiger partial charge in [0.25, 0.3) is 0 Å². The number of aliphatic hydroxyl groups is 1. The van der Waals surface area contributed by atoms with Crippen LogP contribution in [0.3, 0.4) is 0 Å². The third-order valence-corrected chi connectivity index (χ3v) is 4.28. The van der Waals surface area contributed by atoms with Crippen LogP contribution in [0, 0.1) is 11.8 Å². The maximum Gasteiger partial charge on any atom is 0.317 e. The van der Waals surface area contributed by atoms with Crippen molar-refractivity contribution in [2.75, 3.05) is 13.1 Å². The topological polar surface area (TPSA) is 65.5 Å². The van der Waals surface area contributed by atoms with Crippen LogP contribution >= 0.6 is 0 Å². The normalized spacial score (nSPS) is 32.2. The first-order valence-corrected chi connectivity index (χ1v) is 6.89. The maximum absolute atomic E-state index is 13.4. The number of hydrogen-bond donors (Lipinski definition) is 2. The van der Waals surface area contributed by atoms with Crippen LogP contribution in [0.4, 0.5) is 9.18 Å². The van der Waals surface area contributed by atoms with Crippen LogP contribution in [-0.4, -0.2) is 46.4 Å². The van der Waals surface area contributed by atoms with E-state index in [2.05, 4.69) is 10.3 Å². The summed E-state index contributed by atoms with van der Waals surface area (Å²) in [6.45, 7) is 1.39. The van der Waals surface area contributed by atoms with Gasteiger partial charge in [0.2, 0.25) is 0 Å². The average molecular weight is 279 g/mol. The molecule has 2 N–H and O–H groups in total. The Bertz CT molecular complexity index is 485. The summed E-state index contributed by atoms with van der Waals surface area (Å²) in [5.74, 6) is -0.0294. The number of pyridine rings is 1. The lowest BCUT2D eigenvalue weighted by molar-refractivity contribution is 0.0659. The number of fused-ring (bicyclic) bond motifs is 1. The summed E-state index contributed by atoms with van der Waals surface area (Å²) in [7, 11) is 0. The molecular weight excluding hydrogens is 261 g/mol. The van der Waals surface area contributed by atoms with E-state index in [1.54, 1.807) is 17.3 Å². The number of aromatic nitrogens is 1. The molecule has 1 aromatic rings. The van der Waals surface area contributed by atoms with E-state index in [1.165, 1.54) is 0 Å². The quantitative estimate of drug-likeness (QED) is 0.847. The van der Waals surface area contributed by atoms with E-state index in [9.17, 15) is 14.3 Å². The third kappa shape index (κ3) is 2.47. The summed E-state index contributed by atoms with van der Waals surface area (Å²) >= 11 is 0. The molecule has 2 heterocycles. The van der Waals surface area contributed by atoms with Crippen molar-refractivity contribution in [2.45, 2.75) is 25.2 Å². The molecule has 0 unspecified atom stereocenters. The van der Waals surface area contributed by atoms with Crippen LogP contribution in [0.2, 0.25) is 0 Å². The van der Waals surface area contributed by atoms with Gasteiger partial charge in [-0.25, -0.2) is 9.18 Å². The molecule has 108 valence electrons. The molecule has 5 nitrogen and oxygen atoms in total. The monoisotopic (exact) mass is 279 g/mol. The third-order valence-electron chi connectivity index (χ3n) is 4.28. The summed E-state index contributed by atoms with van der Waals surface area (Å²) < 4.78 is 13.4. The Morgan fingerprint density at radius 1 is 1.55 bits per heavy atom. The second-order valence-electron chi connectivity index (χ2n) is 5.59. The zero-order valence-electron chi connectivity index (χ0n) is 11.1. The molecule has 1 saturated heterocycles. The molecule has 20 heavy (non-hydrogen) atoms. The summed E-state index contributed by atoms with van der Waals surface area (Å²) in [6, 6.07) is 3.55. The Balaban J connectivity index is 1.53. The maximum atomic E-state index is 13.4. The molecule has 0 radical (unpaired) electrons. The Morgan fingerprint density at radius 2 is 2.40 bits per heavy atom. The number of nitrogens with one attached hydrogen (secondary N) is 1. The lowest BCUT2D eigenvalue weighted by Gasteiger charge is -2.20. The molecule has 1 aliphatic heterocycles. The van der Waals surface area contributed by atoms with E-state index in [0.29, 0.717) is 26.1 Å². The van der Waals surface area contributed by atoms with Gasteiger partial charge < -0.3 is 15.3 Å². The number of alkyl halides is 1. The molecule has 1 saturated carbocycles. The summed E-state index contributed by atoms with van der Waals surface area (Å²) in [4.78, 5) is 17.7. The molecular formula is C14H18FN3O2. The molecule has 1 aromatic heterocycles. The van der Waals surface area contributed by atoms with Gasteiger partial charge >= 0.3 is 6.03 Å². The number of rotatable bonds is 2. The lowest BCUT2D eigenvalue weighted by Crippen LogP contribution is -2.40. The number of carbonyl (C=O) groups is 1. The number of amides is 2. The fraction of sp³-hybridized carbons (Fsp3) is 0.571. The van der Waals surface area contributed by atoms with Crippen molar-refractivity contribution in [2.24, 2.45) is 11.8 Å². The van der Waals surface area contributed by atoms with E-state index in [1.807, 2.05) is 12.1 Å². The van der Waals surface area contributed by atoms with Gasteiger partial charge in [-0.2, -0.15) is 0 Å². The predicted molar refractivity (Wildman–Crippen MR) is 70.5 cm³/mol. The molecule has 6 heteroatoms. The fourth-order valence-electron chi connectivity index (χ4n) is 3.19. The van der Waals surface area contributed by atoms with Crippen molar-refractivity contribution in [1.82, 2.24) is 15.2 Å². The zero-order chi connectivity index (χ0) is 14.1. The van der Waals surface area contributed by atoms with Crippen LogP contribution in [0.1, 0.15) is 12.0 Å². The van der Waals surface area contributed by atoms with Crippen molar-refractivity contribution in [1.29, 1.82) is 0 Å². The molecule has 3 rings (SSSR count). The number of carbonyl (C=O) groups excluding carboxylic acids is 1. The second-order valence-corrected chi connectivity index (χ2v) is 5.59. The van der Waals surface area contributed by atoms with Gasteiger partial charge in [-0.05, 0) is 24.0 Å². The Hall–Kier alpha value is -1.69. The van der Waals surface area contributed by atoms with Crippen molar-refractivity contribution in [3.63, 3.8) is 0 Å². The van der Waals surface area contributed by atoms with Crippen LogP contribution in [0.5, 0.6) is 0 Å². The first kappa shape index (κ1) is 13.3. The predicted octanol–water partition coefficient (Wildman–Crippen LogP) is 0.942. The minimum absolute atomic E-state index is 0.0872. The smallest absolute Gasteiger partial charge is 0.317 e. The first-order chi connectivity index (χ1) is 9.65. The second kappa shape index (κ2) is 5.36. The van der Waals surface area contributed by atoms with E-state index in [-0.39, 0.29) is 17.9 Å². The summed E-state index contributed by atoms with van der Waals surface area (Å²) in [5.41, 5.74) is 0.934. The van der Waals surface area contributed by atoms with Crippen molar-refractivity contribution >= 4 is 6.03 Å². The number of halogens is 1. The van der Waals surface area contributed by atoms with Crippen LogP contribution in [0.15, 0.2) is 24.5 Å². The average Bonchev–Trinajstić information content (AvgIpc) is 2.98. The highest BCUT2D eigenvalue weighted by Gasteiger charge is 2.48. The lowest BCUT2D eigenvalue weighted by atomic mass is 10.00. The van der Waals surface area contributed by atoms with Gasteiger partial charge in [0, 0.05) is 37.9 Å². The van der Waals surface area contributed by atoms with Crippen LogP contribution in [0.25, 0.3) is 0 Å². The highest BCUT2D eigenvalue weighted by Crippen LogP contribution is 2.39. The summed E-state index contributed by atoms with van der Waals surface area (Å²) in [5, 5.41) is 12.6. The highest BCUT2D eigenvalue weighted by atomic mass is 19.1. The van der Waals surface area contributed by atoms with Gasteiger partial charge in [-0.3, -0.25) is 4.98 Å². The Morgan fingerprint density at radius 3 is 3.10 bits per heavy atom. The van der Waals surface area contributed by atoms with Gasteiger partial charge in [-0.1, -0.05) is 6.07 Å². The molecule has 0 aromatic carbocycles. The largest absolute Gasteiger partial charge is 0.390 e. The first-order valence-electron chi connectivity index (χ1n) is 6.89. The van der Waals surface area contributed by atoms with Crippen LogP contribution < -0.4 is 5.32 Å². The molecule has 2 aliphatic rings.